The van der Waals surface area contributed by atoms with Crippen molar-refractivity contribution in [3.63, 3.8) is 0 Å². The van der Waals surface area contributed by atoms with Crippen LogP contribution in [0.15, 0.2) is 76.0 Å². The lowest BCUT2D eigenvalue weighted by Crippen LogP contribution is -1.94. The molecule has 0 saturated carbocycles. The molecule has 0 aliphatic heterocycles. The van der Waals surface area contributed by atoms with Gasteiger partial charge in [0.05, 0.1) is 15.5 Å². The van der Waals surface area contributed by atoms with E-state index in [4.69, 9.17) is 11.6 Å². The molecule has 25 heavy (non-hydrogen) atoms. The van der Waals surface area contributed by atoms with Crippen molar-refractivity contribution in [2.45, 2.75) is 10.1 Å². The van der Waals surface area contributed by atoms with Gasteiger partial charge in [-0.05, 0) is 47.7 Å². The highest BCUT2D eigenvalue weighted by Crippen LogP contribution is 2.33. The van der Waals surface area contributed by atoms with Crippen LogP contribution in [0.4, 0.5) is 11.4 Å². The lowest BCUT2D eigenvalue weighted by molar-refractivity contribution is -0.387. The fourth-order valence-corrected chi connectivity index (χ4v) is 2.97. The molecule has 0 amide bonds. The summed E-state index contributed by atoms with van der Waals surface area (Å²) in [6.07, 6.45) is 4.74. The molecule has 8 heteroatoms. The number of nitro benzene ring substituents is 1. The van der Waals surface area contributed by atoms with Crippen LogP contribution in [0.3, 0.4) is 0 Å². The lowest BCUT2D eigenvalue weighted by atomic mass is 10.2. The number of aliphatic imine (C=N–C) groups is 1. The number of halogens is 1. The quantitative estimate of drug-likeness (QED) is 0.275. The Kier molecular flexibility index (Phi) is 5.37. The summed E-state index contributed by atoms with van der Waals surface area (Å²) in [7, 11) is 0. The average molecular weight is 371 g/mol. The number of hydrogen-bond acceptors (Lipinski definition) is 6. The van der Waals surface area contributed by atoms with Gasteiger partial charge in [-0.25, -0.2) is 9.97 Å². The number of hydrogen-bond donors (Lipinski definition) is 0. The molecule has 0 spiro atoms. The van der Waals surface area contributed by atoms with E-state index in [9.17, 15) is 10.1 Å². The first kappa shape index (κ1) is 17.1. The Labute approximate surface area is 152 Å². The molecule has 0 radical (unpaired) electrons. The minimum atomic E-state index is -0.429. The number of benzene rings is 2. The molecular weight excluding hydrogens is 360 g/mol. The first-order valence-corrected chi connectivity index (χ1v) is 8.34. The zero-order valence-corrected chi connectivity index (χ0v) is 14.3. The van der Waals surface area contributed by atoms with Crippen LogP contribution in [0, 0.1) is 10.1 Å². The Morgan fingerprint density at radius 3 is 2.64 bits per heavy atom. The summed E-state index contributed by atoms with van der Waals surface area (Å²) in [5, 5.41) is 12.4. The highest BCUT2D eigenvalue weighted by Gasteiger charge is 2.16. The molecule has 0 aliphatic rings. The summed E-state index contributed by atoms with van der Waals surface area (Å²) in [5.74, 6) is 0. The highest BCUT2D eigenvalue weighted by atomic mass is 35.5. The standard InChI is InChI=1S/C17H11ClN4O2S/c18-13-3-1-4-14(10-13)21-11-12-5-6-16(15(9-12)22(23)24)25-17-19-7-2-8-20-17/h1-11H. The molecule has 6 nitrogen and oxygen atoms in total. The summed E-state index contributed by atoms with van der Waals surface area (Å²) >= 11 is 7.06. The molecule has 124 valence electrons. The molecule has 0 N–H and O–H groups in total. The van der Waals surface area contributed by atoms with Crippen molar-refractivity contribution in [1.82, 2.24) is 9.97 Å². The largest absolute Gasteiger partial charge is 0.283 e. The van der Waals surface area contributed by atoms with E-state index >= 15 is 0 Å². The van der Waals surface area contributed by atoms with Gasteiger partial charge in [0.2, 0.25) is 0 Å². The molecule has 0 saturated heterocycles. The molecule has 1 aromatic heterocycles. The summed E-state index contributed by atoms with van der Waals surface area (Å²) in [6.45, 7) is 0. The highest BCUT2D eigenvalue weighted by molar-refractivity contribution is 7.99. The van der Waals surface area contributed by atoms with Crippen molar-refractivity contribution in [2.75, 3.05) is 0 Å². The van der Waals surface area contributed by atoms with Gasteiger partial charge in [0.1, 0.15) is 0 Å². The van der Waals surface area contributed by atoms with E-state index in [2.05, 4.69) is 15.0 Å². The number of nitrogens with zero attached hydrogens (tertiary/aromatic N) is 4. The molecule has 0 fully saturated rings. The van der Waals surface area contributed by atoms with Crippen molar-refractivity contribution >= 4 is 41.0 Å². The minimum absolute atomic E-state index is 0.0208. The number of aromatic nitrogens is 2. The minimum Gasteiger partial charge on any atom is -0.258 e. The van der Waals surface area contributed by atoms with Crippen molar-refractivity contribution in [2.24, 2.45) is 4.99 Å². The Balaban J connectivity index is 1.87. The predicted molar refractivity (Wildman–Crippen MR) is 98.0 cm³/mol. The molecule has 3 aromatic rings. The van der Waals surface area contributed by atoms with E-state index in [0.717, 1.165) is 11.8 Å². The van der Waals surface area contributed by atoms with Crippen molar-refractivity contribution < 1.29 is 4.92 Å². The van der Waals surface area contributed by atoms with Crippen molar-refractivity contribution in [1.29, 1.82) is 0 Å². The molecule has 0 unspecified atom stereocenters. The monoisotopic (exact) mass is 370 g/mol. The summed E-state index contributed by atoms with van der Waals surface area (Å²) < 4.78 is 0. The second-order valence-corrected chi connectivity index (χ2v) is 6.30. The summed E-state index contributed by atoms with van der Waals surface area (Å²) in [5.41, 5.74) is 1.27. The van der Waals surface area contributed by atoms with Crippen LogP contribution in [0.25, 0.3) is 0 Å². The maximum Gasteiger partial charge on any atom is 0.283 e. The molecule has 2 aromatic carbocycles. The maximum atomic E-state index is 11.4. The predicted octanol–water partition coefficient (Wildman–Crippen LogP) is 4.94. The van der Waals surface area contributed by atoms with E-state index < -0.39 is 4.92 Å². The fourth-order valence-electron chi connectivity index (χ4n) is 1.99. The second kappa shape index (κ2) is 7.87. The Hall–Kier alpha value is -2.77. The van der Waals surface area contributed by atoms with E-state index in [0.29, 0.717) is 26.3 Å². The number of nitro groups is 1. The van der Waals surface area contributed by atoms with Crippen molar-refractivity contribution in [3.8, 4) is 0 Å². The van der Waals surface area contributed by atoms with Gasteiger partial charge in [-0.2, -0.15) is 0 Å². The molecule has 0 bridgehead atoms. The Morgan fingerprint density at radius 2 is 1.92 bits per heavy atom. The van der Waals surface area contributed by atoms with Gasteiger partial charge in [0, 0.05) is 29.7 Å². The van der Waals surface area contributed by atoms with Gasteiger partial charge in [-0.15, -0.1) is 0 Å². The lowest BCUT2D eigenvalue weighted by Gasteiger charge is -2.03. The fraction of sp³-hybridized carbons (Fsp3) is 0. The SMILES string of the molecule is O=[N+]([O-])c1cc(C=Nc2cccc(Cl)c2)ccc1Sc1ncccn1. The third-order valence-corrected chi connectivity index (χ3v) is 4.29. The smallest absolute Gasteiger partial charge is 0.258 e. The maximum absolute atomic E-state index is 11.4. The third kappa shape index (κ3) is 4.62. The Bertz CT molecular complexity index is 935. The van der Waals surface area contributed by atoms with Gasteiger partial charge in [-0.1, -0.05) is 23.7 Å². The van der Waals surface area contributed by atoms with E-state index in [1.54, 1.807) is 61.1 Å². The topological polar surface area (TPSA) is 81.3 Å². The van der Waals surface area contributed by atoms with Crippen LogP contribution in [-0.4, -0.2) is 21.1 Å². The van der Waals surface area contributed by atoms with E-state index in [-0.39, 0.29) is 5.69 Å². The van der Waals surface area contributed by atoms with Crippen LogP contribution in [-0.2, 0) is 0 Å². The molecule has 0 atom stereocenters. The van der Waals surface area contributed by atoms with Crippen LogP contribution in [0.1, 0.15) is 5.56 Å². The van der Waals surface area contributed by atoms with Gasteiger partial charge in [0.15, 0.2) is 5.16 Å². The first-order chi connectivity index (χ1) is 12.1. The summed E-state index contributed by atoms with van der Waals surface area (Å²) in [4.78, 5) is 23.8. The average Bonchev–Trinajstić information content (AvgIpc) is 2.61. The third-order valence-electron chi connectivity index (χ3n) is 3.09. The van der Waals surface area contributed by atoms with Gasteiger partial charge < -0.3 is 0 Å². The number of rotatable bonds is 5. The second-order valence-electron chi connectivity index (χ2n) is 4.86. The van der Waals surface area contributed by atoms with Crippen LogP contribution < -0.4 is 0 Å². The van der Waals surface area contributed by atoms with Gasteiger partial charge in [0.25, 0.3) is 5.69 Å². The first-order valence-electron chi connectivity index (χ1n) is 7.15. The zero-order valence-electron chi connectivity index (χ0n) is 12.7. The molecule has 3 rings (SSSR count). The van der Waals surface area contributed by atoms with Crippen LogP contribution in [0.2, 0.25) is 5.02 Å². The zero-order chi connectivity index (χ0) is 17.6. The van der Waals surface area contributed by atoms with Gasteiger partial charge >= 0.3 is 0 Å². The molecule has 1 heterocycles. The normalized spacial score (nSPS) is 10.9. The summed E-state index contributed by atoms with van der Waals surface area (Å²) in [6, 6.07) is 13.6. The van der Waals surface area contributed by atoms with Gasteiger partial charge in [-0.3, -0.25) is 15.1 Å². The molecular formula is C17H11ClN4O2S. The van der Waals surface area contributed by atoms with Crippen molar-refractivity contribution in [3.05, 3.63) is 81.6 Å². The van der Waals surface area contributed by atoms with E-state index in [1.807, 2.05) is 0 Å². The van der Waals surface area contributed by atoms with Crippen LogP contribution >= 0.6 is 23.4 Å². The van der Waals surface area contributed by atoms with Crippen LogP contribution in [0.5, 0.6) is 0 Å². The Morgan fingerprint density at radius 1 is 1.12 bits per heavy atom. The van der Waals surface area contributed by atoms with E-state index in [1.165, 1.54) is 6.07 Å². The molecule has 0 aliphatic carbocycles.